The maximum Gasteiger partial charge on any atom is 0.338 e. The van der Waals surface area contributed by atoms with Crippen molar-refractivity contribution in [2.45, 2.75) is 20.3 Å². The first-order chi connectivity index (χ1) is 14.1. The van der Waals surface area contributed by atoms with E-state index in [1.54, 1.807) is 36.4 Å². The molecule has 0 radical (unpaired) electrons. The fraction of sp³-hybridized carbons (Fsp3) is 0.300. The standard InChI is InChI=1S/C20H21N3O5S/c1-3-10-27-16-9-8-13(11-17(16)26-4-2)20(25)28-12-18(24)21-14-6-5-7-15-19(14)23-29-22-15/h5-9,11H,3-4,10,12H2,1-2H3,(H,21,24). The zero-order chi connectivity index (χ0) is 20.6. The smallest absolute Gasteiger partial charge is 0.338 e. The van der Waals surface area contributed by atoms with Crippen LogP contribution in [0.4, 0.5) is 5.69 Å². The minimum absolute atomic E-state index is 0.274. The molecule has 1 amide bonds. The van der Waals surface area contributed by atoms with Gasteiger partial charge in [-0.25, -0.2) is 4.79 Å². The van der Waals surface area contributed by atoms with Gasteiger partial charge in [0.25, 0.3) is 5.91 Å². The number of hydrogen-bond acceptors (Lipinski definition) is 8. The highest BCUT2D eigenvalue weighted by Gasteiger charge is 2.15. The Morgan fingerprint density at radius 1 is 1.07 bits per heavy atom. The molecule has 29 heavy (non-hydrogen) atoms. The van der Waals surface area contributed by atoms with Crippen LogP contribution in [0.5, 0.6) is 11.5 Å². The van der Waals surface area contributed by atoms with Crippen molar-refractivity contribution < 1.29 is 23.8 Å². The number of carbonyl (C=O) groups excluding carboxylic acids is 2. The van der Waals surface area contributed by atoms with Gasteiger partial charge in [0.05, 0.1) is 36.2 Å². The topological polar surface area (TPSA) is 99.6 Å². The summed E-state index contributed by atoms with van der Waals surface area (Å²) in [6.07, 6.45) is 0.856. The number of nitrogens with one attached hydrogen (secondary N) is 1. The highest BCUT2D eigenvalue weighted by Crippen LogP contribution is 2.29. The summed E-state index contributed by atoms with van der Waals surface area (Å²) in [5, 5.41) is 2.69. The molecule has 0 atom stereocenters. The van der Waals surface area contributed by atoms with E-state index in [0.717, 1.165) is 18.1 Å². The van der Waals surface area contributed by atoms with Crippen LogP contribution in [0.1, 0.15) is 30.6 Å². The number of carbonyl (C=O) groups is 2. The van der Waals surface area contributed by atoms with Crippen LogP contribution in [0.2, 0.25) is 0 Å². The monoisotopic (exact) mass is 415 g/mol. The molecule has 8 nitrogen and oxygen atoms in total. The van der Waals surface area contributed by atoms with E-state index in [9.17, 15) is 9.59 Å². The molecule has 1 aromatic heterocycles. The summed E-state index contributed by atoms with van der Waals surface area (Å²) in [7, 11) is 0. The van der Waals surface area contributed by atoms with Gasteiger partial charge in [-0.15, -0.1) is 0 Å². The van der Waals surface area contributed by atoms with Crippen LogP contribution in [0.25, 0.3) is 11.0 Å². The molecule has 1 heterocycles. The van der Waals surface area contributed by atoms with Gasteiger partial charge >= 0.3 is 5.97 Å². The molecule has 0 aliphatic rings. The molecular weight excluding hydrogens is 394 g/mol. The first kappa shape index (κ1) is 20.5. The summed E-state index contributed by atoms with van der Waals surface area (Å²) in [4.78, 5) is 24.5. The van der Waals surface area contributed by atoms with Gasteiger partial charge < -0.3 is 19.5 Å². The number of benzene rings is 2. The molecule has 3 rings (SSSR count). The summed E-state index contributed by atoms with van der Waals surface area (Å²) >= 11 is 1.06. The summed E-state index contributed by atoms with van der Waals surface area (Å²) in [5.74, 6) is -0.0704. The van der Waals surface area contributed by atoms with Crippen LogP contribution in [0.3, 0.4) is 0 Å². The normalized spacial score (nSPS) is 10.6. The Morgan fingerprint density at radius 3 is 2.72 bits per heavy atom. The molecule has 9 heteroatoms. The number of amides is 1. The van der Waals surface area contributed by atoms with Crippen LogP contribution in [0, 0.1) is 0 Å². The van der Waals surface area contributed by atoms with Crippen LogP contribution in [-0.4, -0.2) is 40.4 Å². The predicted molar refractivity (Wildman–Crippen MR) is 110 cm³/mol. The molecule has 152 valence electrons. The van der Waals surface area contributed by atoms with Crippen LogP contribution < -0.4 is 14.8 Å². The number of anilines is 1. The molecule has 0 aliphatic carbocycles. The second kappa shape index (κ2) is 9.83. The summed E-state index contributed by atoms with van der Waals surface area (Å²) < 4.78 is 24.6. The van der Waals surface area contributed by atoms with Crippen molar-refractivity contribution in [2.24, 2.45) is 0 Å². The second-order valence-corrected chi connectivity index (χ2v) is 6.53. The Labute approximate surface area is 172 Å². The van der Waals surface area contributed by atoms with E-state index >= 15 is 0 Å². The lowest BCUT2D eigenvalue weighted by Crippen LogP contribution is -2.21. The average Bonchev–Trinajstić information content (AvgIpc) is 3.21. The quantitative estimate of drug-likeness (QED) is 0.532. The number of rotatable bonds is 9. The number of fused-ring (bicyclic) bond motifs is 1. The Kier molecular flexibility index (Phi) is 6.96. The van der Waals surface area contributed by atoms with Crippen LogP contribution >= 0.6 is 11.7 Å². The van der Waals surface area contributed by atoms with Crippen molar-refractivity contribution in [3.05, 3.63) is 42.0 Å². The molecule has 0 unspecified atom stereocenters. The van der Waals surface area contributed by atoms with Gasteiger partial charge in [-0.1, -0.05) is 13.0 Å². The molecule has 1 N–H and O–H groups in total. The molecule has 0 saturated carbocycles. The summed E-state index contributed by atoms with van der Waals surface area (Å²) in [5.41, 5.74) is 2.09. The van der Waals surface area contributed by atoms with Gasteiger partial charge in [-0.2, -0.15) is 8.75 Å². The number of aromatic nitrogens is 2. The lowest BCUT2D eigenvalue weighted by Gasteiger charge is -2.13. The largest absolute Gasteiger partial charge is 0.490 e. The number of esters is 1. The SMILES string of the molecule is CCCOc1ccc(C(=O)OCC(=O)Nc2cccc3nsnc23)cc1OCC. The first-order valence-electron chi connectivity index (χ1n) is 9.20. The van der Waals surface area contributed by atoms with E-state index in [-0.39, 0.29) is 5.56 Å². The number of nitrogens with zero attached hydrogens (tertiary/aromatic N) is 2. The average molecular weight is 415 g/mol. The maximum atomic E-state index is 12.3. The molecule has 0 bridgehead atoms. The van der Waals surface area contributed by atoms with Crippen molar-refractivity contribution in [1.29, 1.82) is 0 Å². The maximum absolute atomic E-state index is 12.3. The Balaban J connectivity index is 1.61. The Morgan fingerprint density at radius 2 is 1.93 bits per heavy atom. The molecule has 0 aliphatic heterocycles. The highest BCUT2D eigenvalue weighted by molar-refractivity contribution is 7.00. The second-order valence-electron chi connectivity index (χ2n) is 6.00. The molecular formula is C20H21N3O5S. The van der Waals surface area contributed by atoms with Crippen molar-refractivity contribution in [2.75, 3.05) is 25.1 Å². The van der Waals surface area contributed by atoms with Crippen LogP contribution in [-0.2, 0) is 9.53 Å². The van der Waals surface area contributed by atoms with Crippen molar-refractivity contribution in [3.63, 3.8) is 0 Å². The van der Waals surface area contributed by atoms with E-state index < -0.39 is 18.5 Å². The Bertz CT molecular complexity index is 1000. The van der Waals surface area contributed by atoms with Crippen molar-refractivity contribution >= 4 is 40.3 Å². The van der Waals surface area contributed by atoms with Gasteiger partial charge in [0, 0.05) is 0 Å². The fourth-order valence-electron chi connectivity index (χ4n) is 2.54. The van der Waals surface area contributed by atoms with E-state index in [2.05, 4.69) is 14.1 Å². The first-order valence-corrected chi connectivity index (χ1v) is 9.93. The molecule has 0 fully saturated rings. The third kappa shape index (κ3) is 5.20. The zero-order valence-corrected chi connectivity index (χ0v) is 17.0. The Hall–Kier alpha value is -3.20. The lowest BCUT2D eigenvalue weighted by molar-refractivity contribution is -0.119. The predicted octanol–water partition coefficient (Wildman–Crippen LogP) is 3.67. The number of hydrogen-bond donors (Lipinski definition) is 1. The highest BCUT2D eigenvalue weighted by atomic mass is 32.1. The molecule has 2 aromatic carbocycles. The zero-order valence-electron chi connectivity index (χ0n) is 16.1. The number of ether oxygens (including phenoxy) is 3. The molecule has 0 saturated heterocycles. The van der Waals surface area contributed by atoms with Gasteiger partial charge in [0.2, 0.25) is 0 Å². The van der Waals surface area contributed by atoms with E-state index in [1.807, 2.05) is 13.8 Å². The van der Waals surface area contributed by atoms with Gasteiger partial charge in [-0.05, 0) is 43.7 Å². The van der Waals surface area contributed by atoms with Crippen LogP contribution in [0.15, 0.2) is 36.4 Å². The summed E-state index contributed by atoms with van der Waals surface area (Å²) in [6, 6.07) is 10.1. The van der Waals surface area contributed by atoms with E-state index in [4.69, 9.17) is 14.2 Å². The molecule has 0 spiro atoms. The fourth-order valence-corrected chi connectivity index (χ4v) is 3.09. The minimum Gasteiger partial charge on any atom is -0.490 e. The minimum atomic E-state index is -0.628. The lowest BCUT2D eigenvalue weighted by atomic mass is 10.2. The third-order valence-corrected chi connectivity index (χ3v) is 4.38. The van der Waals surface area contributed by atoms with E-state index in [0.29, 0.717) is 41.4 Å². The molecule has 3 aromatic rings. The third-order valence-electron chi connectivity index (χ3n) is 3.84. The van der Waals surface area contributed by atoms with Gasteiger partial charge in [-0.3, -0.25) is 4.79 Å². The van der Waals surface area contributed by atoms with Crippen molar-refractivity contribution in [1.82, 2.24) is 8.75 Å². The van der Waals surface area contributed by atoms with E-state index in [1.165, 1.54) is 0 Å². The van der Waals surface area contributed by atoms with Gasteiger partial charge in [0.15, 0.2) is 18.1 Å². The van der Waals surface area contributed by atoms with Gasteiger partial charge in [0.1, 0.15) is 11.0 Å². The van der Waals surface area contributed by atoms with Crippen molar-refractivity contribution in [3.8, 4) is 11.5 Å². The summed E-state index contributed by atoms with van der Waals surface area (Å²) in [6.45, 7) is 4.40.